The molecule has 0 aromatic heterocycles. The number of imide groups is 1. The quantitative estimate of drug-likeness (QED) is 0.838. The second kappa shape index (κ2) is 7.38. The Morgan fingerprint density at radius 2 is 1.88 bits per heavy atom. The second-order valence-electron chi connectivity index (χ2n) is 6.09. The lowest BCUT2D eigenvalue weighted by atomic mass is 9.97. The first kappa shape index (κ1) is 17.0. The van der Waals surface area contributed by atoms with E-state index in [1.165, 1.54) is 4.90 Å². The predicted octanol–water partition coefficient (Wildman–Crippen LogP) is 3.39. The van der Waals surface area contributed by atoms with E-state index in [2.05, 4.69) is 0 Å². The average Bonchev–Trinajstić information content (AvgIpc) is 3.01. The van der Waals surface area contributed by atoms with Gasteiger partial charge in [0.2, 0.25) is 5.91 Å². The third-order valence-electron chi connectivity index (χ3n) is 4.49. The summed E-state index contributed by atoms with van der Waals surface area (Å²) in [5, 5.41) is 0. The lowest BCUT2D eigenvalue weighted by Gasteiger charge is -2.24. The van der Waals surface area contributed by atoms with Gasteiger partial charge < -0.3 is 9.47 Å². The van der Waals surface area contributed by atoms with Crippen LogP contribution < -0.4 is 4.74 Å². The SMILES string of the molecule is COc1ccccc1[C@H](C)C(=O)N1C(=O)OCC1Cc1ccccc1. The molecule has 0 N–H and O–H groups in total. The molecule has 130 valence electrons. The molecule has 5 nitrogen and oxygen atoms in total. The molecule has 0 saturated carbocycles. The van der Waals surface area contributed by atoms with Crippen LogP contribution in [0, 0.1) is 0 Å². The van der Waals surface area contributed by atoms with E-state index in [4.69, 9.17) is 9.47 Å². The molecule has 1 aliphatic rings. The molecule has 3 rings (SSSR count). The number of nitrogens with zero attached hydrogens (tertiary/aromatic N) is 1. The van der Waals surface area contributed by atoms with Gasteiger partial charge in [0.05, 0.1) is 19.1 Å². The van der Waals surface area contributed by atoms with Gasteiger partial charge in [0.15, 0.2) is 0 Å². The van der Waals surface area contributed by atoms with E-state index in [1.807, 2.05) is 54.6 Å². The molecule has 0 radical (unpaired) electrons. The lowest BCUT2D eigenvalue weighted by Crippen LogP contribution is -2.42. The minimum absolute atomic E-state index is 0.220. The Balaban J connectivity index is 1.82. The summed E-state index contributed by atoms with van der Waals surface area (Å²) in [5.74, 6) is -0.136. The monoisotopic (exact) mass is 339 g/mol. The van der Waals surface area contributed by atoms with Crippen molar-refractivity contribution >= 4 is 12.0 Å². The summed E-state index contributed by atoms with van der Waals surface area (Å²) in [4.78, 5) is 26.4. The van der Waals surface area contributed by atoms with Crippen molar-refractivity contribution < 1.29 is 19.1 Å². The molecule has 0 aliphatic carbocycles. The fourth-order valence-electron chi connectivity index (χ4n) is 3.13. The molecule has 1 saturated heterocycles. The van der Waals surface area contributed by atoms with E-state index >= 15 is 0 Å². The molecule has 1 aliphatic heterocycles. The number of hydrogen-bond acceptors (Lipinski definition) is 4. The van der Waals surface area contributed by atoms with Gasteiger partial charge in [-0.25, -0.2) is 9.69 Å². The van der Waals surface area contributed by atoms with Crippen LogP contribution in [-0.4, -0.2) is 36.7 Å². The fraction of sp³-hybridized carbons (Fsp3) is 0.300. The molecule has 1 fully saturated rings. The van der Waals surface area contributed by atoms with Crippen LogP contribution in [0.25, 0.3) is 0 Å². The van der Waals surface area contributed by atoms with Gasteiger partial charge in [-0.05, 0) is 25.0 Å². The molecule has 2 amide bonds. The number of carbonyl (C=O) groups is 2. The normalized spacial score (nSPS) is 17.9. The Morgan fingerprint density at radius 1 is 1.20 bits per heavy atom. The Labute approximate surface area is 147 Å². The number of hydrogen-bond donors (Lipinski definition) is 0. The molecule has 0 bridgehead atoms. The van der Waals surface area contributed by atoms with Crippen LogP contribution >= 0.6 is 0 Å². The van der Waals surface area contributed by atoms with Gasteiger partial charge in [-0.2, -0.15) is 0 Å². The molecule has 1 unspecified atom stereocenters. The molecule has 5 heteroatoms. The highest BCUT2D eigenvalue weighted by atomic mass is 16.6. The van der Waals surface area contributed by atoms with Crippen molar-refractivity contribution in [2.24, 2.45) is 0 Å². The van der Waals surface area contributed by atoms with Gasteiger partial charge in [-0.1, -0.05) is 48.5 Å². The standard InChI is InChI=1S/C20H21NO4/c1-14(17-10-6-7-11-18(17)24-2)19(22)21-16(13-25-20(21)23)12-15-8-4-3-5-9-15/h3-11,14,16H,12-13H2,1-2H3/t14-,16?/m0/s1. The summed E-state index contributed by atoms with van der Waals surface area (Å²) in [7, 11) is 1.57. The van der Waals surface area contributed by atoms with E-state index in [9.17, 15) is 9.59 Å². The molecular formula is C20H21NO4. The Bertz CT molecular complexity index is 759. The summed E-state index contributed by atoms with van der Waals surface area (Å²) in [6.45, 7) is 2.00. The topological polar surface area (TPSA) is 55.8 Å². The number of para-hydroxylation sites is 1. The maximum atomic E-state index is 13.0. The molecule has 2 atom stereocenters. The molecule has 2 aromatic rings. The summed E-state index contributed by atoms with van der Waals surface area (Å²) in [6, 6.07) is 16.8. The van der Waals surface area contributed by atoms with Crippen molar-refractivity contribution in [2.45, 2.75) is 25.3 Å². The number of benzene rings is 2. The second-order valence-corrected chi connectivity index (χ2v) is 6.09. The first-order chi connectivity index (χ1) is 12.1. The van der Waals surface area contributed by atoms with Gasteiger partial charge in [-0.3, -0.25) is 4.79 Å². The van der Waals surface area contributed by atoms with Gasteiger partial charge in [-0.15, -0.1) is 0 Å². The predicted molar refractivity (Wildman–Crippen MR) is 93.5 cm³/mol. The number of cyclic esters (lactones) is 1. The fourth-order valence-corrected chi connectivity index (χ4v) is 3.13. The third kappa shape index (κ3) is 3.50. The Kier molecular flexibility index (Phi) is 5.03. The molecule has 2 aromatic carbocycles. The first-order valence-corrected chi connectivity index (χ1v) is 8.28. The molecule has 0 spiro atoms. The van der Waals surface area contributed by atoms with Crippen molar-refractivity contribution in [1.29, 1.82) is 0 Å². The first-order valence-electron chi connectivity index (χ1n) is 8.28. The van der Waals surface area contributed by atoms with Gasteiger partial charge in [0.25, 0.3) is 0 Å². The Morgan fingerprint density at radius 3 is 2.60 bits per heavy atom. The zero-order valence-electron chi connectivity index (χ0n) is 14.3. The van der Waals surface area contributed by atoms with Crippen molar-refractivity contribution in [3.8, 4) is 5.75 Å². The molecule has 25 heavy (non-hydrogen) atoms. The summed E-state index contributed by atoms with van der Waals surface area (Å²) < 4.78 is 10.5. The van der Waals surface area contributed by atoms with Crippen LogP contribution in [0.1, 0.15) is 24.0 Å². The van der Waals surface area contributed by atoms with Crippen LogP contribution in [0.5, 0.6) is 5.75 Å². The van der Waals surface area contributed by atoms with E-state index in [-0.39, 0.29) is 18.6 Å². The Hall–Kier alpha value is -2.82. The van der Waals surface area contributed by atoms with E-state index in [0.717, 1.165) is 11.1 Å². The van der Waals surface area contributed by atoms with Crippen LogP contribution in [0.4, 0.5) is 4.79 Å². The van der Waals surface area contributed by atoms with Crippen molar-refractivity contribution in [2.75, 3.05) is 13.7 Å². The van der Waals surface area contributed by atoms with E-state index in [0.29, 0.717) is 12.2 Å². The van der Waals surface area contributed by atoms with Crippen LogP contribution in [-0.2, 0) is 16.0 Å². The van der Waals surface area contributed by atoms with Crippen LogP contribution in [0.2, 0.25) is 0 Å². The maximum Gasteiger partial charge on any atom is 0.417 e. The van der Waals surface area contributed by atoms with E-state index in [1.54, 1.807) is 14.0 Å². The number of rotatable bonds is 5. The van der Waals surface area contributed by atoms with Crippen molar-refractivity contribution in [1.82, 2.24) is 4.90 Å². The summed E-state index contributed by atoms with van der Waals surface area (Å²) in [5.41, 5.74) is 1.82. The maximum absolute atomic E-state index is 13.0. The highest BCUT2D eigenvalue weighted by Crippen LogP contribution is 2.30. The summed E-state index contributed by atoms with van der Waals surface area (Å²) in [6.07, 6.45) is 0.00410. The van der Waals surface area contributed by atoms with Gasteiger partial charge in [0, 0.05) is 5.56 Å². The van der Waals surface area contributed by atoms with E-state index < -0.39 is 12.0 Å². The zero-order valence-corrected chi connectivity index (χ0v) is 14.3. The lowest BCUT2D eigenvalue weighted by molar-refractivity contribution is -0.130. The summed E-state index contributed by atoms with van der Waals surface area (Å²) >= 11 is 0. The van der Waals surface area contributed by atoms with Crippen LogP contribution in [0.3, 0.4) is 0 Å². The number of carbonyl (C=O) groups excluding carboxylic acids is 2. The minimum Gasteiger partial charge on any atom is -0.496 e. The van der Waals surface area contributed by atoms with Crippen LogP contribution in [0.15, 0.2) is 54.6 Å². The molecule has 1 heterocycles. The highest BCUT2D eigenvalue weighted by Gasteiger charge is 2.40. The molecular weight excluding hydrogens is 318 g/mol. The van der Waals surface area contributed by atoms with Gasteiger partial charge in [0.1, 0.15) is 12.4 Å². The number of ether oxygens (including phenoxy) is 2. The third-order valence-corrected chi connectivity index (χ3v) is 4.49. The highest BCUT2D eigenvalue weighted by molar-refractivity contribution is 5.97. The largest absolute Gasteiger partial charge is 0.496 e. The number of amides is 2. The smallest absolute Gasteiger partial charge is 0.417 e. The van der Waals surface area contributed by atoms with Crippen molar-refractivity contribution in [3.63, 3.8) is 0 Å². The van der Waals surface area contributed by atoms with Crippen molar-refractivity contribution in [3.05, 3.63) is 65.7 Å². The average molecular weight is 339 g/mol. The van der Waals surface area contributed by atoms with Gasteiger partial charge >= 0.3 is 6.09 Å². The zero-order chi connectivity index (χ0) is 17.8. The minimum atomic E-state index is -0.576. The number of methoxy groups -OCH3 is 1.